The number of benzene rings is 2. The standard InChI is InChI=1S/C28H28N4O5/c1-31(2)15-21-18(16-11-22(35-3)26(37-5)23(12-16)36-4)13-19-20(25(21)33)14-29-27-24(19)28(34)32(30-27)17-9-7-6-8-10-17/h6-12,14-15,18H,13H2,1-5H3,(H,29,30)/b21-15-/t18-/m1/s1. The quantitative estimate of drug-likeness (QED) is 0.403. The van der Waals surface area contributed by atoms with E-state index in [1.165, 1.54) is 4.68 Å². The number of fused-ring (bicyclic) bond motifs is 3. The van der Waals surface area contributed by atoms with Gasteiger partial charge in [-0.25, -0.2) is 9.67 Å². The van der Waals surface area contributed by atoms with Crippen molar-refractivity contribution in [2.24, 2.45) is 0 Å². The SMILES string of the molecule is COc1cc([C@H]2Cc3c(cnc4[nH]n(-c5ccccc5)c(=O)c34)C(=O)/C2=C\N(C)C)cc(OC)c1OC. The minimum absolute atomic E-state index is 0.171. The third kappa shape index (κ3) is 4.02. The number of ketones is 1. The predicted molar refractivity (Wildman–Crippen MR) is 140 cm³/mol. The van der Waals surface area contributed by atoms with Crippen molar-refractivity contribution >= 4 is 16.8 Å². The van der Waals surface area contributed by atoms with Crippen LogP contribution in [0.2, 0.25) is 0 Å². The number of hydrogen-bond acceptors (Lipinski definition) is 7. The highest BCUT2D eigenvalue weighted by atomic mass is 16.5. The van der Waals surface area contributed by atoms with Gasteiger partial charge >= 0.3 is 0 Å². The molecule has 2 aromatic heterocycles. The lowest BCUT2D eigenvalue weighted by molar-refractivity contribution is 0.101. The number of pyridine rings is 1. The number of nitrogens with zero attached hydrogens (tertiary/aromatic N) is 3. The van der Waals surface area contributed by atoms with E-state index in [0.717, 1.165) is 5.56 Å². The smallest absolute Gasteiger partial charge is 0.281 e. The van der Waals surface area contributed by atoms with E-state index in [0.29, 0.717) is 57.1 Å². The number of nitrogens with one attached hydrogen (secondary N) is 1. The summed E-state index contributed by atoms with van der Waals surface area (Å²) in [6.07, 6.45) is 3.79. The van der Waals surface area contributed by atoms with Crippen LogP contribution in [0.15, 0.2) is 65.2 Å². The molecule has 0 saturated heterocycles. The second-order valence-corrected chi connectivity index (χ2v) is 9.05. The van der Waals surface area contributed by atoms with E-state index in [-0.39, 0.29) is 17.3 Å². The van der Waals surface area contributed by atoms with E-state index in [1.54, 1.807) is 27.5 Å². The van der Waals surface area contributed by atoms with E-state index in [4.69, 9.17) is 14.2 Å². The summed E-state index contributed by atoms with van der Waals surface area (Å²) in [5.41, 5.74) is 3.38. The molecule has 0 aliphatic heterocycles. The summed E-state index contributed by atoms with van der Waals surface area (Å²) in [5.74, 6) is 0.924. The van der Waals surface area contributed by atoms with Gasteiger partial charge < -0.3 is 19.1 Å². The average molecular weight is 501 g/mol. The lowest BCUT2D eigenvalue weighted by atomic mass is 9.75. The van der Waals surface area contributed by atoms with Crippen molar-refractivity contribution in [3.63, 3.8) is 0 Å². The van der Waals surface area contributed by atoms with Gasteiger partial charge in [0.05, 0.1) is 32.4 Å². The van der Waals surface area contributed by atoms with Crippen LogP contribution in [0.5, 0.6) is 17.2 Å². The van der Waals surface area contributed by atoms with Crippen molar-refractivity contribution < 1.29 is 19.0 Å². The Hall–Kier alpha value is -4.53. The average Bonchev–Trinajstić information content (AvgIpc) is 3.26. The summed E-state index contributed by atoms with van der Waals surface area (Å²) in [4.78, 5) is 33.7. The van der Waals surface area contributed by atoms with Gasteiger partial charge in [-0.15, -0.1) is 0 Å². The molecule has 190 valence electrons. The minimum atomic E-state index is -0.360. The highest BCUT2D eigenvalue weighted by Crippen LogP contribution is 2.45. The van der Waals surface area contributed by atoms with Gasteiger partial charge in [0.2, 0.25) is 5.75 Å². The fourth-order valence-corrected chi connectivity index (χ4v) is 4.95. The third-order valence-electron chi connectivity index (χ3n) is 6.61. The number of allylic oxidation sites excluding steroid dienone is 1. The van der Waals surface area contributed by atoms with Crippen LogP contribution in [-0.2, 0) is 6.42 Å². The molecule has 9 nitrogen and oxygen atoms in total. The van der Waals surface area contributed by atoms with Crippen molar-refractivity contribution in [3.8, 4) is 22.9 Å². The zero-order valence-corrected chi connectivity index (χ0v) is 21.4. The highest BCUT2D eigenvalue weighted by molar-refractivity contribution is 6.13. The topological polar surface area (TPSA) is 98.7 Å². The molecule has 0 amide bonds. The van der Waals surface area contributed by atoms with Crippen LogP contribution in [0.1, 0.15) is 27.4 Å². The summed E-state index contributed by atoms with van der Waals surface area (Å²) < 4.78 is 18.1. The van der Waals surface area contributed by atoms with E-state index < -0.39 is 0 Å². The highest BCUT2D eigenvalue weighted by Gasteiger charge is 2.35. The Balaban J connectivity index is 1.74. The van der Waals surface area contributed by atoms with E-state index in [2.05, 4.69) is 10.1 Å². The number of carbonyl (C=O) groups is 1. The van der Waals surface area contributed by atoms with Crippen LogP contribution in [0, 0.1) is 0 Å². The number of para-hydroxylation sites is 1. The third-order valence-corrected chi connectivity index (χ3v) is 6.61. The first kappa shape index (κ1) is 24.2. The molecule has 37 heavy (non-hydrogen) atoms. The molecular formula is C28H28N4O5. The molecule has 2 aromatic carbocycles. The second-order valence-electron chi connectivity index (χ2n) is 9.05. The molecule has 2 heterocycles. The van der Waals surface area contributed by atoms with Crippen LogP contribution in [0.25, 0.3) is 16.7 Å². The van der Waals surface area contributed by atoms with Crippen molar-refractivity contribution in [2.75, 3.05) is 35.4 Å². The van der Waals surface area contributed by atoms with E-state index in [9.17, 15) is 9.59 Å². The van der Waals surface area contributed by atoms with Gasteiger partial charge in [-0.3, -0.25) is 14.7 Å². The molecule has 0 unspecified atom stereocenters. The minimum Gasteiger partial charge on any atom is -0.493 e. The van der Waals surface area contributed by atoms with Gasteiger partial charge in [0.25, 0.3) is 5.56 Å². The van der Waals surface area contributed by atoms with Crippen molar-refractivity contribution in [2.45, 2.75) is 12.3 Å². The number of rotatable bonds is 6. The fraction of sp³-hybridized carbons (Fsp3) is 0.250. The maximum absolute atomic E-state index is 13.9. The lowest BCUT2D eigenvalue weighted by Crippen LogP contribution is -2.26. The van der Waals surface area contributed by atoms with Crippen LogP contribution < -0.4 is 19.8 Å². The Morgan fingerprint density at radius 2 is 1.70 bits per heavy atom. The predicted octanol–water partition coefficient (Wildman–Crippen LogP) is 3.71. The molecular weight excluding hydrogens is 472 g/mol. The number of H-pyrrole nitrogens is 1. The number of carbonyl (C=O) groups excluding carboxylic acids is 1. The van der Waals surface area contributed by atoms with Crippen molar-refractivity contribution in [3.05, 3.63) is 87.5 Å². The normalized spacial score (nSPS) is 16.1. The Kier molecular flexibility index (Phi) is 6.20. The Morgan fingerprint density at radius 1 is 1.03 bits per heavy atom. The summed E-state index contributed by atoms with van der Waals surface area (Å²) in [6, 6.07) is 13.0. The van der Waals surface area contributed by atoms with Crippen LogP contribution in [0.3, 0.4) is 0 Å². The van der Waals surface area contributed by atoms with Crippen molar-refractivity contribution in [1.82, 2.24) is 19.7 Å². The second kappa shape index (κ2) is 9.50. The molecule has 4 aromatic rings. The van der Waals surface area contributed by atoms with Crippen LogP contribution in [-0.4, -0.2) is 60.9 Å². The Morgan fingerprint density at radius 3 is 2.30 bits per heavy atom. The molecule has 0 radical (unpaired) electrons. The summed E-state index contributed by atoms with van der Waals surface area (Å²) in [5, 5.41) is 3.51. The Bertz CT molecular complexity index is 1560. The maximum atomic E-state index is 13.9. The van der Waals surface area contributed by atoms with Crippen molar-refractivity contribution in [1.29, 1.82) is 0 Å². The molecule has 0 saturated carbocycles. The Labute approximate surface area is 213 Å². The fourth-order valence-electron chi connectivity index (χ4n) is 4.95. The summed E-state index contributed by atoms with van der Waals surface area (Å²) in [6.45, 7) is 0. The van der Waals surface area contributed by atoms with Gasteiger partial charge in [-0.1, -0.05) is 18.2 Å². The molecule has 0 bridgehead atoms. The lowest BCUT2D eigenvalue weighted by Gasteiger charge is -2.29. The van der Waals surface area contributed by atoms with Gasteiger partial charge in [-0.2, -0.15) is 0 Å². The number of hydrogen-bond donors (Lipinski definition) is 1. The zero-order chi connectivity index (χ0) is 26.3. The monoisotopic (exact) mass is 500 g/mol. The van der Waals surface area contributed by atoms with Gasteiger partial charge in [0.1, 0.15) is 0 Å². The summed E-state index contributed by atoms with van der Waals surface area (Å²) in [7, 11) is 8.40. The number of Topliss-reactive ketones (excluding diaryl/α,β-unsaturated/α-hetero) is 1. The summed E-state index contributed by atoms with van der Waals surface area (Å²) >= 11 is 0. The first-order chi connectivity index (χ1) is 17.9. The zero-order valence-electron chi connectivity index (χ0n) is 21.4. The first-order valence-electron chi connectivity index (χ1n) is 11.8. The molecule has 1 N–H and O–H groups in total. The van der Waals surface area contributed by atoms with E-state index >= 15 is 0 Å². The van der Waals surface area contributed by atoms with E-state index in [1.807, 2.05) is 67.7 Å². The van der Waals surface area contributed by atoms with Gasteiger partial charge in [0.15, 0.2) is 22.9 Å². The van der Waals surface area contributed by atoms with Gasteiger partial charge in [0, 0.05) is 43.5 Å². The van der Waals surface area contributed by atoms with Crippen LogP contribution in [0.4, 0.5) is 0 Å². The maximum Gasteiger partial charge on any atom is 0.281 e. The number of aromatic nitrogens is 3. The largest absolute Gasteiger partial charge is 0.493 e. The molecule has 0 fully saturated rings. The number of ether oxygens (including phenoxy) is 3. The first-order valence-corrected chi connectivity index (χ1v) is 11.8. The number of methoxy groups -OCH3 is 3. The molecule has 9 heteroatoms. The molecule has 5 rings (SSSR count). The molecule has 1 aliphatic rings. The molecule has 0 spiro atoms. The number of aromatic amines is 1. The molecule has 1 aliphatic carbocycles. The molecule has 1 atom stereocenters. The van der Waals surface area contributed by atoms with Crippen LogP contribution >= 0.6 is 0 Å². The van der Waals surface area contributed by atoms with Gasteiger partial charge in [-0.05, 0) is 41.8 Å².